The quantitative estimate of drug-likeness (QED) is 0.0251. The number of alkyl halides is 12. The number of benzene rings is 4. The largest absolute Gasteiger partial charge is 1.00 e. The number of halogens is 15. The number of carbonyl (C=O) groups is 3. The summed E-state index contributed by atoms with van der Waals surface area (Å²) in [5.74, 6) is -1.75. The van der Waals surface area contributed by atoms with Gasteiger partial charge < -0.3 is 37.6 Å². The monoisotopic (exact) mass is 1550 g/mol. The van der Waals surface area contributed by atoms with Crippen molar-refractivity contribution in [2.24, 2.45) is 5.73 Å². The van der Waals surface area contributed by atoms with E-state index in [1.807, 2.05) is 20.8 Å². The predicted molar refractivity (Wildman–Crippen MR) is 320 cm³/mol. The zero-order chi connectivity index (χ0) is 71.3. The zero-order valence-electron chi connectivity index (χ0n) is 56.3. The maximum Gasteiger partial charge on any atom is 1.00 e. The first-order chi connectivity index (χ1) is 40.0. The molecule has 1 heterocycles. The van der Waals surface area contributed by atoms with Crippen LogP contribution in [0.5, 0.6) is 0 Å². The van der Waals surface area contributed by atoms with E-state index in [9.17, 15) is 82.6 Å². The van der Waals surface area contributed by atoms with Crippen LogP contribution in [0.2, 0.25) is 0 Å². The SMILES string of the molecule is C[N+](=O)[O-].Cc1c(C)c(C)c(C(=O)C(F)(F)F)c(C)c1C.Cc1c(C)c(C)c(C(O)(CN)C(F)(F)F)c(C)c1C.Cc1c(C)c(C)c(C(O)(C[N+](=O)[O-])C(F)(F)F)c(C)c1C.Cc1c(C)c(C)c(C2(C(F)(F)F)CNC(=O)O2)c(C)c1C.Cl.O=CO[O-].[Cl][Sn][Cl].[H-].[K+].[K+]. The summed E-state index contributed by atoms with van der Waals surface area (Å²) >= 11 is -0.826. The number of ether oxygens (including phenoxy) is 1. The third kappa shape index (κ3) is 23.3. The van der Waals surface area contributed by atoms with Crippen molar-refractivity contribution >= 4 is 67.5 Å². The number of nitro groups is 2. The number of rotatable bonds is 8. The van der Waals surface area contributed by atoms with Gasteiger partial charge in [-0.15, -0.1) is 12.4 Å². The fourth-order valence-corrected chi connectivity index (χ4v) is 10.1. The second-order valence-corrected chi connectivity index (χ2v) is 25.3. The molecule has 1 aliphatic heterocycles. The number of Topliss-reactive ketones (excluding diaryl/α,β-unsaturated/α-hetero) is 1. The van der Waals surface area contributed by atoms with Crippen LogP contribution in [-0.2, 0) is 31.2 Å². The molecule has 1 amide bonds. The smallest absolute Gasteiger partial charge is 1.00 e. The summed E-state index contributed by atoms with van der Waals surface area (Å²) in [6.45, 7) is 30.4. The normalized spacial score (nSPS) is 14.5. The van der Waals surface area contributed by atoms with Crippen molar-refractivity contribution in [3.63, 3.8) is 0 Å². The van der Waals surface area contributed by atoms with Crippen molar-refractivity contribution in [1.29, 1.82) is 0 Å². The van der Waals surface area contributed by atoms with Gasteiger partial charge in [0.25, 0.3) is 23.5 Å². The van der Waals surface area contributed by atoms with Crippen molar-refractivity contribution in [2.45, 2.75) is 180 Å². The molecule has 1 saturated heterocycles. The van der Waals surface area contributed by atoms with E-state index >= 15 is 0 Å². The first kappa shape index (κ1) is 98.7. The van der Waals surface area contributed by atoms with Gasteiger partial charge in [0.2, 0.25) is 6.54 Å². The topological polar surface area (TPSA) is 258 Å². The Morgan fingerprint density at radius 2 is 0.837 bits per heavy atom. The second-order valence-electron chi connectivity index (χ2n) is 21.0. The van der Waals surface area contributed by atoms with Crippen LogP contribution in [0.3, 0.4) is 0 Å². The van der Waals surface area contributed by atoms with Gasteiger partial charge in [-0.05, 0) is 250 Å². The van der Waals surface area contributed by atoms with E-state index < -0.39 is 107 Å². The van der Waals surface area contributed by atoms with E-state index in [2.05, 4.69) is 10.2 Å². The van der Waals surface area contributed by atoms with Gasteiger partial charge in [-0.3, -0.25) is 29.8 Å². The fourth-order valence-electron chi connectivity index (χ4n) is 10.1. The summed E-state index contributed by atoms with van der Waals surface area (Å²) in [4.78, 5) is 51.8. The van der Waals surface area contributed by atoms with E-state index in [0.29, 0.717) is 44.5 Å². The zero-order valence-corrected chi connectivity index (χ0v) is 66.8. The molecule has 512 valence electrons. The Balaban J connectivity index is -0.000000254. The summed E-state index contributed by atoms with van der Waals surface area (Å²) in [6, 6.07) is 0. The van der Waals surface area contributed by atoms with Crippen LogP contribution in [0.1, 0.15) is 140 Å². The Bertz CT molecular complexity index is 3160. The van der Waals surface area contributed by atoms with Gasteiger partial charge in [-0.25, -0.2) is 4.79 Å². The van der Waals surface area contributed by atoms with Gasteiger partial charge in [0.15, 0.2) is 12.6 Å². The predicted octanol–water partition coefficient (Wildman–Crippen LogP) is 7.76. The van der Waals surface area contributed by atoms with Gasteiger partial charge >= 0.3 is 170 Å². The molecule has 34 heteroatoms. The number of carbonyl (C=O) groups excluding carboxylic acids is 3. The molecular weight excluding hydrogens is 1480 g/mol. The Labute approximate surface area is 637 Å². The van der Waals surface area contributed by atoms with Gasteiger partial charge in [-0.2, -0.15) is 52.7 Å². The van der Waals surface area contributed by atoms with Crippen LogP contribution in [0.4, 0.5) is 57.5 Å². The van der Waals surface area contributed by atoms with Crippen molar-refractivity contribution < 1.29 is 206 Å². The van der Waals surface area contributed by atoms with Crippen LogP contribution >= 0.6 is 30.2 Å². The van der Waals surface area contributed by atoms with Crippen LogP contribution in [0.25, 0.3) is 0 Å². The van der Waals surface area contributed by atoms with Gasteiger partial charge in [0.05, 0.1) is 6.54 Å². The molecule has 4 aromatic carbocycles. The number of amides is 1. The molecule has 5 N–H and O–H groups in total. The van der Waals surface area contributed by atoms with Gasteiger partial charge in [-0.1, -0.05) is 0 Å². The Hall–Kier alpha value is -1.97. The van der Waals surface area contributed by atoms with E-state index in [4.69, 9.17) is 48.5 Å². The Morgan fingerprint density at radius 1 is 0.598 bits per heavy atom. The molecule has 4 aromatic rings. The Kier molecular flexibility index (Phi) is 42.5. The molecule has 1 fully saturated rings. The average Bonchev–Trinajstić information content (AvgIpc) is 1.73. The van der Waals surface area contributed by atoms with E-state index in [-0.39, 0.29) is 151 Å². The molecule has 2 radical (unpaired) electrons. The van der Waals surface area contributed by atoms with Crippen molar-refractivity contribution in [3.05, 3.63) is 154 Å². The maximum atomic E-state index is 13.7. The molecule has 0 spiro atoms. The second kappa shape index (κ2) is 39.6. The number of hydrogen-bond donors (Lipinski definition) is 4. The first-order valence-corrected chi connectivity index (χ1v) is 33.3. The summed E-state index contributed by atoms with van der Waals surface area (Å²) in [5.41, 5.74) is 8.18. The van der Waals surface area contributed by atoms with Crippen LogP contribution in [0, 0.1) is 159 Å². The van der Waals surface area contributed by atoms with Gasteiger partial charge in [0, 0.05) is 38.6 Å². The standard InChI is InChI=1S/C15H18F3NO2.C14H18F3NO3.C14H20F3NO.C13H15F3O.CH3NO2.CH2O3.3ClH.2K.Sn.H/c1-7-8(2)10(4)12(11(5)9(7)3)14(15(16,17)18)6-19-13(20)21-14;1-7-8(2)10(4)12(11(5)9(7)3)13(19,6-18(20)21)14(15,16)17;1-7-8(2)10(4)12(11(5)9(7)3)13(19,6-18)14(15,16)17;1-6-7(2)9(4)11(10(5)8(6)3)12(17)13(14,15)16;1-2(3)4;2-1-4-3;;;;;;;/h6H2,1-5H3,(H,19,20);19H,6H2,1-5H3;19H,6,18H2,1-5H3;1-5H3;1H3;1,3H;3*1H;;;;/q;;;;;;;;;2*+1;+2;-1/p-3. The molecule has 3 atom stereocenters. The number of nitrogens with one attached hydrogen (secondary N) is 1. The van der Waals surface area contributed by atoms with Crippen LogP contribution in [-0.4, -0.2) is 109 Å². The summed E-state index contributed by atoms with van der Waals surface area (Å²) in [7, 11) is 10.8. The third-order valence-corrected chi connectivity index (χ3v) is 16.6. The number of cyclic esters (lactones) is 1. The molecule has 5 rings (SSSR count). The number of nitrogens with two attached hydrogens (primary N) is 1. The Morgan fingerprint density at radius 3 is 1.03 bits per heavy atom. The molecule has 0 aromatic heterocycles. The molecule has 0 aliphatic carbocycles. The number of hydrogen-bond acceptors (Lipinski definition) is 13. The average molecular weight is 1550 g/mol. The van der Waals surface area contributed by atoms with Crippen LogP contribution < -0.4 is 119 Å². The maximum absolute atomic E-state index is 13.7. The molecule has 0 saturated carbocycles. The number of aliphatic hydroxyl groups is 2. The van der Waals surface area contributed by atoms with Crippen molar-refractivity contribution in [2.75, 3.05) is 26.7 Å². The fraction of sp³-hybridized carbons (Fsp3) is 0.534. The van der Waals surface area contributed by atoms with Gasteiger partial charge in [0.1, 0.15) is 0 Å². The molecule has 1 aliphatic rings. The summed E-state index contributed by atoms with van der Waals surface area (Å²) in [5, 5.41) is 50.2. The van der Waals surface area contributed by atoms with E-state index in [1.54, 1.807) is 104 Å². The molecule has 0 bridgehead atoms. The van der Waals surface area contributed by atoms with E-state index in [0.717, 1.165) is 62.7 Å². The third-order valence-electron chi connectivity index (χ3n) is 16.6. The van der Waals surface area contributed by atoms with E-state index in [1.165, 1.54) is 13.8 Å². The van der Waals surface area contributed by atoms with Crippen LogP contribution in [0.15, 0.2) is 0 Å². The number of ketones is 1. The number of alkyl carbamates (subject to hydrolysis) is 1. The summed E-state index contributed by atoms with van der Waals surface area (Å²) < 4.78 is 163. The minimum atomic E-state index is -5.14. The number of nitrogens with zero attached hydrogens (tertiary/aromatic N) is 2. The minimum Gasteiger partial charge on any atom is -1.00 e. The molecule has 3 unspecified atom stereocenters. The first-order valence-electron chi connectivity index (χ1n) is 26.1. The van der Waals surface area contributed by atoms with Crippen molar-refractivity contribution in [3.8, 4) is 0 Å². The summed E-state index contributed by atoms with van der Waals surface area (Å²) in [6.07, 6.45) is -20.5. The molecule has 16 nitrogen and oxygen atoms in total. The van der Waals surface area contributed by atoms with Crippen molar-refractivity contribution in [1.82, 2.24) is 5.32 Å². The molecular formula is C58H77Cl3F12K2N4O12Sn. The minimum absolute atomic E-state index is 0. The molecule has 92 heavy (non-hydrogen) atoms.